The van der Waals surface area contributed by atoms with Gasteiger partial charge in [-0.25, -0.2) is 14.4 Å². The Morgan fingerprint density at radius 2 is 1.97 bits per heavy atom. The molecule has 3 aromatic rings. The molecule has 0 bridgehead atoms. The first kappa shape index (κ1) is 24.6. The maximum atomic E-state index is 13.2. The van der Waals surface area contributed by atoms with E-state index in [0.717, 1.165) is 29.8 Å². The number of rotatable bonds is 8. The number of aryl methyl sites for hydroxylation is 2. The maximum Gasteiger partial charge on any atom is 0.246 e. The summed E-state index contributed by atoms with van der Waals surface area (Å²) >= 11 is 0. The molecule has 7 nitrogen and oxygen atoms in total. The highest BCUT2D eigenvalue weighted by Crippen LogP contribution is 2.15. The molecule has 0 saturated heterocycles. The van der Waals surface area contributed by atoms with Crippen LogP contribution < -0.4 is 16.0 Å². The van der Waals surface area contributed by atoms with E-state index < -0.39 is 5.82 Å². The van der Waals surface area contributed by atoms with Crippen LogP contribution in [0, 0.1) is 12.7 Å². The van der Waals surface area contributed by atoms with Crippen LogP contribution in [-0.2, 0) is 11.3 Å². The molecule has 1 amide bonds. The first-order valence-electron chi connectivity index (χ1n) is 10.1. The fraction of sp³-hybridized carbons (Fsp3) is 0.318. The van der Waals surface area contributed by atoms with Gasteiger partial charge in [0.15, 0.2) is 5.96 Å². The molecule has 31 heavy (non-hydrogen) atoms. The van der Waals surface area contributed by atoms with Crippen LogP contribution in [0.15, 0.2) is 53.5 Å². The lowest BCUT2D eigenvalue weighted by molar-refractivity contribution is -0.114. The number of amides is 1. The molecule has 0 saturated carbocycles. The van der Waals surface area contributed by atoms with Crippen LogP contribution in [0.3, 0.4) is 0 Å². The van der Waals surface area contributed by atoms with Crippen molar-refractivity contribution in [2.75, 3.05) is 25.0 Å². The number of hydrogen-bond acceptors (Lipinski definition) is 3. The van der Waals surface area contributed by atoms with Gasteiger partial charge in [0, 0.05) is 25.3 Å². The number of aromatic nitrogens is 2. The molecule has 1 heterocycles. The Labute approximate surface area is 198 Å². The highest BCUT2D eigenvalue weighted by atomic mass is 127. The van der Waals surface area contributed by atoms with E-state index in [0.29, 0.717) is 24.7 Å². The third-order valence-corrected chi connectivity index (χ3v) is 4.53. The van der Waals surface area contributed by atoms with E-state index >= 15 is 0 Å². The van der Waals surface area contributed by atoms with Crippen molar-refractivity contribution in [1.82, 2.24) is 20.2 Å². The summed E-state index contributed by atoms with van der Waals surface area (Å²) in [5.41, 5.74) is 2.54. The molecule has 1 aromatic heterocycles. The summed E-state index contributed by atoms with van der Waals surface area (Å²) in [4.78, 5) is 21.0. The van der Waals surface area contributed by atoms with Gasteiger partial charge in [0.25, 0.3) is 0 Å². The first-order valence-corrected chi connectivity index (χ1v) is 10.1. The zero-order valence-corrected chi connectivity index (χ0v) is 20.0. The van der Waals surface area contributed by atoms with Gasteiger partial charge >= 0.3 is 0 Å². The number of carbonyl (C=O) groups excluding carboxylic acids is 1. The SMILES string of the molecule is CCNC(=NCC(=O)Nc1cccc(F)c1)NCCCn1c(C)nc2ccccc21.I. The van der Waals surface area contributed by atoms with Gasteiger partial charge in [-0.1, -0.05) is 18.2 Å². The predicted octanol–water partition coefficient (Wildman–Crippen LogP) is 3.69. The fourth-order valence-corrected chi connectivity index (χ4v) is 3.18. The Morgan fingerprint density at radius 1 is 1.16 bits per heavy atom. The molecule has 3 N–H and O–H groups in total. The molecule has 0 aliphatic rings. The van der Waals surface area contributed by atoms with Crippen LogP contribution >= 0.6 is 24.0 Å². The molecule has 0 atom stereocenters. The number of guanidine groups is 1. The molecule has 9 heteroatoms. The van der Waals surface area contributed by atoms with Crippen LogP contribution in [0.2, 0.25) is 0 Å². The van der Waals surface area contributed by atoms with Crippen molar-refractivity contribution >= 4 is 52.6 Å². The average Bonchev–Trinajstić information content (AvgIpc) is 3.04. The van der Waals surface area contributed by atoms with Crippen molar-refractivity contribution in [3.05, 3.63) is 60.2 Å². The second-order valence-corrected chi connectivity index (χ2v) is 6.83. The summed E-state index contributed by atoms with van der Waals surface area (Å²) in [5, 5.41) is 9.01. The van der Waals surface area contributed by atoms with E-state index in [1.165, 1.54) is 12.1 Å². The van der Waals surface area contributed by atoms with E-state index in [2.05, 4.69) is 36.6 Å². The number of halogens is 2. The molecular weight excluding hydrogens is 510 g/mol. The number of nitrogens with zero attached hydrogens (tertiary/aromatic N) is 3. The number of fused-ring (bicyclic) bond motifs is 1. The maximum absolute atomic E-state index is 13.2. The zero-order chi connectivity index (χ0) is 21.3. The molecule has 0 spiro atoms. The average molecular weight is 538 g/mol. The van der Waals surface area contributed by atoms with Crippen LogP contribution in [0.5, 0.6) is 0 Å². The molecule has 0 unspecified atom stereocenters. The standard InChI is InChI=1S/C22H27FN6O.HI/c1-3-24-22(26-15-21(30)28-18-9-6-8-17(23)14-18)25-12-7-13-29-16(2)27-19-10-4-5-11-20(19)29;/h4-6,8-11,14H,3,7,12-13,15H2,1-2H3,(H,28,30)(H2,24,25,26);1H. The van der Waals surface area contributed by atoms with Crippen LogP contribution in [0.1, 0.15) is 19.2 Å². The Kier molecular flexibility index (Phi) is 9.70. The Balaban J connectivity index is 0.00000341. The van der Waals surface area contributed by atoms with Gasteiger partial charge in [0.05, 0.1) is 11.0 Å². The topological polar surface area (TPSA) is 83.3 Å². The fourth-order valence-electron chi connectivity index (χ4n) is 3.18. The number of anilines is 1. The highest BCUT2D eigenvalue weighted by molar-refractivity contribution is 14.0. The number of carbonyl (C=O) groups is 1. The van der Waals surface area contributed by atoms with E-state index in [1.54, 1.807) is 12.1 Å². The minimum Gasteiger partial charge on any atom is -0.357 e. The largest absolute Gasteiger partial charge is 0.357 e. The summed E-state index contributed by atoms with van der Waals surface area (Å²) in [6, 6.07) is 13.9. The molecule has 166 valence electrons. The number of benzene rings is 2. The lowest BCUT2D eigenvalue weighted by Crippen LogP contribution is -2.38. The second kappa shape index (κ2) is 12.2. The number of imidazole rings is 1. The second-order valence-electron chi connectivity index (χ2n) is 6.83. The van der Waals surface area contributed by atoms with Crippen molar-refractivity contribution in [2.24, 2.45) is 4.99 Å². The number of aliphatic imine (C=N–C) groups is 1. The van der Waals surface area contributed by atoms with Gasteiger partial charge in [0.2, 0.25) is 5.91 Å². The zero-order valence-electron chi connectivity index (χ0n) is 17.7. The van der Waals surface area contributed by atoms with Gasteiger partial charge in [-0.3, -0.25) is 4.79 Å². The molecule has 0 aliphatic carbocycles. The van der Waals surface area contributed by atoms with Gasteiger partial charge in [0.1, 0.15) is 18.2 Å². The Bertz CT molecular complexity index is 1040. The quantitative estimate of drug-likeness (QED) is 0.177. The molecule has 3 rings (SSSR count). The van der Waals surface area contributed by atoms with Crippen molar-refractivity contribution in [3.8, 4) is 0 Å². The van der Waals surface area contributed by atoms with Crippen molar-refractivity contribution in [3.63, 3.8) is 0 Å². The lowest BCUT2D eigenvalue weighted by Gasteiger charge is -2.12. The van der Waals surface area contributed by atoms with Crippen LogP contribution in [0.25, 0.3) is 11.0 Å². The van der Waals surface area contributed by atoms with Crippen LogP contribution in [0.4, 0.5) is 10.1 Å². The monoisotopic (exact) mass is 538 g/mol. The lowest BCUT2D eigenvalue weighted by atomic mass is 10.3. The third-order valence-electron chi connectivity index (χ3n) is 4.53. The number of para-hydroxylation sites is 2. The molecule has 2 aromatic carbocycles. The van der Waals surface area contributed by atoms with Crippen LogP contribution in [-0.4, -0.2) is 41.1 Å². The summed E-state index contributed by atoms with van der Waals surface area (Å²) in [6.07, 6.45) is 0.876. The summed E-state index contributed by atoms with van der Waals surface area (Å²) in [5.74, 6) is 0.857. The van der Waals surface area contributed by atoms with Gasteiger partial charge in [-0.2, -0.15) is 0 Å². The van der Waals surface area contributed by atoms with Crippen molar-refractivity contribution in [1.29, 1.82) is 0 Å². The van der Waals surface area contributed by atoms with E-state index in [9.17, 15) is 9.18 Å². The molecule has 0 fully saturated rings. The molecule has 0 aliphatic heterocycles. The van der Waals surface area contributed by atoms with Gasteiger partial charge in [-0.15, -0.1) is 24.0 Å². The van der Waals surface area contributed by atoms with Gasteiger partial charge in [-0.05, 0) is 50.6 Å². The number of hydrogen-bond donors (Lipinski definition) is 3. The summed E-state index contributed by atoms with van der Waals surface area (Å²) in [6.45, 7) is 6.13. The van der Waals surface area contributed by atoms with E-state index in [1.807, 2.05) is 32.0 Å². The normalized spacial score (nSPS) is 11.1. The minimum absolute atomic E-state index is 0. The van der Waals surface area contributed by atoms with Crippen molar-refractivity contribution < 1.29 is 9.18 Å². The summed E-state index contributed by atoms with van der Waals surface area (Å²) < 4.78 is 15.4. The van der Waals surface area contributed by atoms with Crippen molar-refractivity contribution in [2.45, 2.75) is 26.8 Å². The third kappa shape index (κ3) is 7.20. The molecule has 0 radical (unpaired) electrons. The Morgan fingerprint density at radius 3 is 2.74 bits per heavy atom. The number of nitrogens with one attached hydrogen (secondary N) is 3. The highest BCUT2D eigenvalue weighted by Gasteiger charge is 2.07. The van der Waals surface area contributed by atoms with E-state index in [4.69, 9.17) is 0 Å². The first-order chi connectivity index (χ1) is 14.6. The van der Waals surface area contributed by atoms with E-state index in [-0.39, 0.29) is 36.4 Å². The van der Waals surface area contributed by atoms with Gasteiger partial charge < -0.3 is 20.5 Å². The minimum atomic E-state index is -0.396. The molecular formula is C22H28FIN6O. The Hall–Kier alpha value is -2.69. The smallest absolute Gasteiger partial charge is 0.246 e. The summed E-state index contributed by atoms with van der Waals surface area (Å²) in [7, 11) is 0. The predicted molar refractivity (Wildman–Crippen MR) is 134 cm³/mol.